The Morgan fingerprint density at radius 3 is 2.75 bits per heavy atom. The third-order valence-electron chi connectivity index (χ3n) is 4.01. The lowest BCUT2D eigenvalue weighted by atomic mass is 9.90. The molecule has 1 atom stereocenters. The number of hydrogen-bond acceptors (Lipinski definition) is 3. The monoisotopic (exact) mass is 324 g/mol. The van der Waals surface area contributed by atoms with E-state index in [1.807, 2.05) is 55.5 Å². The molecule has 0 saturated carbocycles. The number of ether oxygens (including phenoxy) is 1. The van der Waals surface area contributed by atoms with Crippen molar-refractivity contribution in [3.05, 3.63) is 59.7 Å². The minimum absolute atomic E-state index is 0.134. The van der Waals surface area contributed by atoms with Crippen LogP contribution in [-0.4, -0.2) is 25.0 Å². The van der Waals surface area contributed by atoms with Crippen molar-refractivity contribution in [1.29, 1.82) is 0 Å². The quantitative estimate of drug-likeness (QED) is 0.831. The molecule has 0 saturated heterocycles. The highest BCUT2D eigenvalue weighted by atomic mass is 16.5. The number of rotatable bonds is 5. The number of para-hydroxylation sites is 1. The van der Waals surface area contributed by atoms with Gasteiger partial charge in [-0.1, -0.05) is 35.9 Å². The summed E-state index contributed by atoms with van der Waals surface area (Å²) in [5.41, 5.74) is 2.74. The summed E-state index contributed by atoms with van der Waals surface area (Å²) >= 11 is 0. The predicted molar refractivity (Wildman–Crippen MR) is 92.1 cm³/mol. The van der Waals surface area contributed by atoms with Crippen LogP contribution in [0.1, 0.15) is 23.5 Å². The molecule has 2 aromatic carbocycles. The number of fused-ring (bicyclic) bond motifs is 1. The Morgan fingerprint density at radius 1 is 1.21 bits per heavy atom. The third-order valence-corrected chi connectivity index (χ3v) is 4.01. The molecular formula is C19H20N2O3. The summed E-state index contributed by atoms with van der Waals surface area (Å²) in [5, 5.41) is 5.65. The van der Waals surface area contributed by atoms with Crippen molar-refractivity contribution >= 4 is 17.5 Å². The lowest BCUT2D eigenvalue weighted by Gasteiger charge is -2.24. The summed E-state index contributed by atoms with van der Waals surface area (Å²) in [7, 11) is 0. The van der Waals surface area contributed by atoms with Gasteiger partial charge in [-0.2, -0.15) is 0 Å². The average molecular weight is 324 g/mol. The maximum atomic E-state index is 12.4. The fraction of sp³-hybridized carbons (Fsp3) is 0.263. The van der Waals surface area contributed by atoms with Gasteiger partial charge in [0.1, 0.15) is 12.4 Å². The highest BCUT2D eigenvalue weighted by Gasteiger charge is 2.30. The van der Waals surface area contributed by atoms with Gasteiger partial charge < -0.3 is 15.4 Å². The summed E-state index contributed by atoms with van der Waals surface area (Å²) in [6.07, 6.45) is 0.168. The maximum absolute atomic E-state index is 12.4. The Balaban J connectivity index is 1.54. The van der Waals surface area contributed by atoms with Crippen LogP contribution in [-0.2, 0) is 9.59 Å². The molecule has 2 amide bonds. The van der Waals surface area contributed by atoms with Crippen molar-refractivity contribution in [2.45, 2.75) is 19.3 Å². The van der Waals surface area contributed by atoms with Gasteiger partial charge in [-0.15, -0.1) is 0 Å². The van der Waals surface area contributed by atoms with E-state index in [1.165, 1.54) is 5.56 Å². The Labute approximate surface area is 141 Å². The summed E-state index contributed by atoms with van der Waals surface area (Å²) in [4.78, 5) is 24.2. The average Bonchev–Trinajstić information content (AvgIpc) is 2.59. The minimum Gasteiger partial charge on any atom is -0.492 e. The van der Waals surface area contributed by atoms with Gasteiger partial charge in [0, 0.05) is 12.1 Å². The molecule has 0 aromatic heterocycles. The minimum atomic E-state index is -0.450. The van der Waals surface area contributed by atoms with Gasteiger partial charge in [0.05, 0.1) is 12.5 Å². The van der Waals surface area contributed by atoms with Crippen molar-refractivity contribution in [1.82, 2.24) is 5.32 Å². The van der Waals surface area contributed by atoms with Gasteiger partial charge in [-0.25, -0.2) is 0 Å². The molecule has 3 rings (SSSR count). The van der Waals surface area contributed by atoms with E-state index in [0.717, 1.165) is 11.3 Å². The fourth-order valence-corrected chi connectivity index (χ4v) is 2.75. The van der Waals surface area contributed by atoms with Crippen LogP contribution >= 0.6 is 0 Å². The summed E-state index contributed by atoms with van der Waals surface area (Å²) in [6, 6.07) is 15.2. The molecule has 124 valence electrons. The van der Waals surface area contributed by atoms with Crippen LogP contribution in [0.5, 0.6) is 5.75 Å². The molecule has 2 aromatic rings. The summed E-state index contributed by atoms with van der Waals surface area (Å²) < 4.78 is 5.60. The van der Waals surface area contributed by atoms with Crippen LogP contribution in [0.4, 0.5) is 5.69 Å². The second kappa shape index (κ2) is 7.17. The zero-order chi connectivity index (χ0) is 16.9. The third kappa shape index (κ3) is 3.74. The van der Waals surface area contributed by atoms with Crippen LogP contribution in [0.2, 0.25) is 0 Å². The number of carbonyl (C=O) groups is 2. The van der Waals surface area contributed by atoms with Crippen LogP contribution in [0.3, 0.4) is 0 Å². The molecule has 0 fully saturated rings. The van der Waals surface area contributed by atoms with Crippen LogP contribution in [0.15, 0.2) is 48.5 Å². The molecular weight excluding hydrogens is 304 g/mol. The Bertz CT molecular complexity index is 741. The van der Waals surface area contributed by atoms with Gasteiger partial charge in [0.2, 0.25) is 11.8 Å². The number of amides is 2. The van der Waals surface area contributed by atoms with Gasteiger partial charge >= 0.3 is 0 Å². The lowest BCUT2D eigenvalue weighted by Crippen LogP contribution is -2.36. The van der Waals surface area contributed by atoms with E-state index in [-0.39, 0.29) is 18.2 Å². The summed E-state index contributed by atoms with van der Waals surface area (Å²) in [5.74, 6) is 0.0427. The number of carbonyl (C=O) groups excluding carboxylic acids is 2. The normalized spacial score (nSPS) is 16.0. The SMILES string of the molecule is Cc1ccc(OCCNC(=O)C2CC(=O)Nc3ccccc32)cc1. The van der Waals surface area contributed by atoms with E-state index in [1.54, 1.807) is 0 Å². The molecule has 1 aliphatic heterocycles. The molecule has 0 radical (unpaired) electrons. The zero-order valence-electron chi connectivity index (χ0n) is 13.5. The van der Waals surface area contributed by atoms with Gasteiger partial charge in [0.25, 0.3) is 0 Å². The lowest BCUT2D eigenvalue weighted by molar-refractivity contribution is -0.126. The number of benzene rings is 2. The van der Waals surface area contributed by atoms with Crippen molar-refractivity contribution in [3.8, 4) is 5.75 Å². The Morgan fingerprint density at radius 2 is 1.96 bits per heavy atom. The number of hydrogen-bond donors (Lipinski definition) is 2. The fourth-order valence-electron chi connectivity index (χ4n) is 2.75. The van der Waals surface area contributed by atoms with Crippen LogP contribution < -0.4 is 15.4 Å². The van der Waals surface area contributed by atoms with Gasteiger partial charge in [-0.05, 0) is 30.7 Å². The predicted octanol–water partition coefficient (Wildman–Crippen LogP) is 2.62. The molecule has 0 aliphatic carbocycles. The van der Waals surface area contributed by atoms with Crippen molar-refractivity contribution in [2.24, 2.45) is 0 Å². The highest BCUT2D eigenvalue weighted by Crippen LogP contribution is 2.31. The number of aryl methyl sites for hydroxylation is 1. The Kier molecular flexibility index (Phi) is 4.79. The molecule has 1 unspecified atom stereocenters. The maximum Gasteiger partial charge on any atom is 0.228 e. The van der Waals surface area contributed by atoms with E-state index in [2.05, 4.69) is 10.6 Å². The number of anilines is 1. The van der Waals surface area contributed by atoms with E-state index < -0.39 is 5.92 Å². The van der Waals surface area contributed by atoms with Crippen molar-refractivity contribution < 1.29 is 14.3 Å². The van der Waals surface area contributed by atoms with E-state index >= 15 is 0 Å². The largest absolute Gasteiger partial charge is 0.492 e. The Hall–Kier alpha value is -2.82. The molecule has 5 heteroatoms. The number of nitrogens with one attached hydrogen (secondary N) is 2. The smallest absolute Gasteiger partial charge is 0.228 e. The first-order valence-corrected chi connectivity index (χ1v) is 7.99. The molecule has 5 nitrogen and oxygen atoms in total. The molecule has 1 aliphatic rings. The van der Waals surface area contributed by atoms with E-state index in [0.29, 0.717) is 18.8 Å². The van der Waals surface area contributed by atoms with Gasteiger partial charge in [0.15, 0.2) is 0 Å². The van der Waals surface area contributed by atoms with Crippen molar-refractivity contribution in [2.75, 3.05) is 18.5 Å². The first-order chi connectivity index (χ1) is 11.6. The van der Waals surface area contributed by atoms with E-state index in [4.69, 9.17) is 4.74 Å². The first-order valence-electron chi connectivity index (χ1n) is 7.99. The highest BCUT2D eigenvalue weighted by molar-refractivity contribution is 6.01. The first kappa shape index (κ1) is 16.1. The van der Waals surface area contributed by atoms with Gasteiger partial charge in [-0.3, -0.25) is 9.59 Å². The van der Waals surface area contributed by atoms with E-state index in [9.17, 15) is 9.59 Å². The second-order valence-electron chi connectivity index (χ2n) is 5.84. The molecule has 24 heavy (non-hydrogen) atoms. The summed E-state index contributed by atoms with van der Waals surface area (Å²) in [6.45, 7) is 2.80. The molecule has 0 spiro atoms. The standard InChI is InChI=1S/C19H20N2O3/c1-13-6-8-14(9-7-13)24-11-10-20-19(23)16-12-18(22)21-17-5-3-2-4-15(16)17/h2-9,16H,10-12H2,1H3,(H,20,23)(H,21,22). The molecule has 2 N–H and O–H groups in total. The molecule has 1 heterocycles. The topological polar surface area (TPSA) is 67.4 Å². The van der Waals surface area contributed by atoms with Crippen LogP contribution in [0.25, 0.3) is 0 Å². The zero-order valence-corrected chi connectivity index (χ0v) is 13.5. The molecule has 0 bridgehead atoms. The van der Waals surface area contributed by atoms with Crippen LogP contribution in [0, 0.1) is 6.92 Å². The second-order valence-corrected chi connectivity index (χ2v) is 5.84. The van der Waals surface area contributed by atoms with Crippen molar-refractivity contribution in [3.63, 3.8) is 0 Å².